The zero-order valence-electron chi connectivity index (χ0n) is 13.4. The molecule has 0 unspecified atom stereocenters. The Morgan fingerprint density at radius 1 is 1.38 bits per heavy atom. The van der Waals surface area contributed by atoms with Gasteiger partial charge in [0.25, 0.3) is 5.91 Å². The fraction of sp³-hybridized carbons (Fsp3) is 0.533. The monoisotopic (exact) mass is 349 g/mol. The zero-order valence-corrected chi connectivity index (χ0v) is 14.2. The second-order valence-electron chi connectivity index (χ2n) is 5.63. The van der Waals surface area contributed by atoms with E-state index in [1.165, 1.54) is 19.3 Å². The average Bonchev–Trinajstić information content (AvgIpc) is 3.25. The fourth-order valence-electron chi connectivity index (χ4n) is 2.78. The van der Waals surface area contributed by atoms with E-state index in [9.17, 15) is 9.59 Å². The summed E-state index contributed by atoms with van der Waals surface area (Å²) in [6.07, 6.45) is 9.14. The van der Waals surface area contributed by atoms with Gasteiger partial charge in [0.1, 0.15) is 0 Å². The van der Waals surface area contributed by atoms with E-state index in [0.29, 0.717) is 11.6 Å². The standard InChI is InChI=1S/C15H19N5O3S/c1-2-23-15(22)12-14(24-19-18-12)17-13(21)10-8-16-20(9-10)11-6-4-3-5-7-11/h8-9,11H,2-7H2,1H3,(H,17,21). The number of anilines is 1. The van der Waals surface area contributed by atoms with Gasteiger partial charge < -0.3 is 10.1 Å². The van der Waals surface area contributed by atoms with E-state index in [1.54, 1.807) is 19.3 Å². The summed E-state index contributed by atoms with van der Waals surface area (Å²) in [7, 11) is 0. The molecule has 0 aliphatic heterocycles. The van der Waals surface area contributed by atoms with Crippen molar-refractivity contribution in [3.05, 3.63) is 23.7 Å². The van der Waals surface area contributed by atoms with Gasteiger partial charge in [-0.1, -0.05) is 23.8 Å². The predicted octanol–water partition coefficient (Wildman–Crippen LogP) is 2.67. The molecule has 1 saturated carbocycles. The van der Waals surface area contributed by atoms with Gasteiger partial charge in [-0.15, -0.1) is 5.10 Å². The summed E-state index contributed by atoms with van der Waals surface area (Å²) in [5.74, 6) is -0.937. The van der Waals surface area contributed by atoms with Gasteiger partial charge in [0.05, 0.1) is 24.4 Å². The number of nitrogens with one attached hydrogen (secondary N) is 1. The number of carbonyl (C=O) groups excluding carboxylic acids is 2. The third-order valence-electron chi connectivity index (χ3n) is 4.00. The molecule has 9 heteroatoms. The van der Waals surface area contributed by atoms with Crippen LogP contribution in [0.3, 0.4) is 0 Å². The second-order valence-corrected chi connectivity index (χ2v) is 6.38. The van der Waals surface area contributed by atoms with E-state index < -0.39 is 5.97 Å². The lowest BCUT2D eigenvalue weighted by Crippen LogP contribution is -2.15. The van der Waals surface area contributed by atoms with Crippen molar-refractivity contribution in [1.82, 2.24) is 19.4 Å². The van der Waals surface area contributed by atoms with Crippen molar-refractivity contribution >= 4 is 28.4 Å². The van der Waals surface area contributed by atoms with E-state index in [2.05, 4.69) is 20.0 Å². The molecule has 1 aliphatic rings. The number of carbonyl (C=O) groups is 2. The topological polar surface area (TPSA) is 99.0 Å². The molecule has 1 fully saturated rings. The Labute approximate surface area is 143 Å². The van der Waals surface area contributed by atoms with Crippen molar-refractivity contribution in [2.45, 2.75) is 45.1 Å². The molecule has 0 bridgehead atoms. The van der Waals surface area contributed by atoms with E-state index in [0.717, 1.165) is 24.4 Å². The quantitative estimate of drug-likeness (QED) is 0.833. The Bertz CT molecular complexity index is 720. The van der Waals surface area contributed by atoms with Crippen LogP contribution in [0.15, 0.2) is 12.4 Å². The first-order valence-electron chi connectivity index (χ1n) is 8.04. The maximum Gasteiger partial charge on any atom is 0.362 e. The summed E-state index contributed by atoms with van der Waals surface area (Å²) in [4.78, 5) is 24.1. The molecule has 1 amide bonds. The Morgan fingerprint density at radius 3 is 2.92 bits per heavy atom. The van der Waals surface area contributed by atoms with Crippen molar-refractivity contribution in [2.24, 2.45) is 0 Å². The molecule has 2 aromatic heterocycles. The van der Waals surface area contributed by atoms with Crippen LogP contribution in [-0.4, -0.2) is 37.9 Å². The summed E-state index contributed by atoms with van der Waals surface area (Å²) in [5, 5.41) is 11.0. The molecule has 3 rings (SSSR count). The number of hydrogen-bond donors (Lipinski definition) is 1. The third-order valence-corrected chi connectivity index (χ3v) is 4.64. The Hall–Kier alpha value is -2.29. The molecule has 128 valence electrons. The molecule has 1 aliphatic carbocycles. The number of amides is 1. The van der Waals surface area contributed by atoms with Crippen molar-refractivity contribution in [3.8, 4) is 0 Å². The lowest BCUT2D eigenvalue weighted by atomic mass is 9.96. The van der Waals surface area contributed by atoms with Crippen LogP contribution in [0.2, 0.25) is 0 Å². The first-order chi connectivity index (χ1) is 11.7. The van der Waals surface area contributed by atoms with Gasteiger partial charge in [0.15, 0.2) is 5.00 Å². The molecule has 2 heterocycles. The number of esters is 1. The average molecular weight is 349 g/mol. The van der Waals surface area contributed by atoms with Gasteiger partial charge in [0.2, 0.25) is 5.69 Å². The molecule has 1 N–H and O–H groups in total. The molecule has 0 saturated heterocycles. The summed E-state index contributed by atoms with van der Waals surface area (Å²) in [6, 6.07) is 0.362. The molecule has 0 atom stereocenters. The maximum absolute atomic E-state index is 12.4. The van der Waals surface area contributed by atoms with Crippen LogP contribution in [-0.2, 0) is 4.74 Å². The van der Waals surface area contributed by atoms with Gasteiger partial charge in [-0.25, -0.2) is 4.79 Å². The number of nitrogens with zero attached hydrogens (tertiary/aromatic N) is 4. The highest BCUT2D eigenvalue weighted by molar-refractivity contribution is 7.10. The van der Waals surface area contributed by atoms with Crippen LogP contribution in [0.4, 0.5) is 5.00 Å². The van der Waals surface area contributed by atoms with Crippen LogP contribution in [0.25, 0.3) is 0 Å². The summed E-state index contributed by atoms with van der Waals surface area (Å²) < 4.78 is 10.5. The zero-order chi connectivity index (χ0) is 16.9. The molecule has 2 aromatic rings. The minimum Gasteiger partial charge on any atom is -0.461 e. The summed E-state index contributed by atoms with van der Waals surface area (Å²) in [5.41, 5.74) is 0.471. The highest BCUT2D eigenvalue weighted by atomic mass is 32.1. The van der Waals surface area contributed by atoms with E-state index in [4.69, 9.17) is 4.74 Å². The summed E-state index contributed by atoms with van der Waals surface area (Å²) >= 11 is 0.941. The van der Waals surface area contributed by atoms with Gasteiger partial charge >= 0.3 is 5.97 Å². The minimum absolute atomic E-state index is 0.0230. The molecule has 8 nitrogen and oxygen atoms in total. The molecular formula is C15H19N5O3S. The first kappa shape index (κ1) is 16.6. The summed E-state index contributed by atoms with van der Waals surface area (Å²) in [6.45, 7) is 1.94. The van der Waals surface area contributed by atoms with Crippen molar-refractivity contribution in [3.63, 3.8) is 0 Å². The normalized spacial score (nSPS) is 15.2. The maximum atomic E-state index is 12.4. The Balaban J connectivity index is 1.68. The van der Waals surface area contributed by atoms with Crippen LogP contribution in [0.5, 0.6) is 0 Å². The van der Waals surface area contributed by atoms with Gasteiger partial charge in [0, 0.05) is 17.7 Å². The van der Waals surface area contributed by atoms with E-state index in [1.807, 2.05) is 4.68 Å². The lowest BCUT2D eigenvalue weighted by Gasteiger charge is -2.21. The van der Waals surface area contributed by atoms with Crippen molar-refractivity contribution < 1.29 is 14.3 Å². The van der Waals surface area contributed by atoms with Gasteiger partial charge in [-0.05, 0) is 19.8 Å². The molecule has 0 spiro atoms. The van der Waals surface area contributed by atoms with Crippen LogP contribution in [0, 0.1) is 0 Å². The number of rotatable bonds is 5. The predicted molar refractivity (Wildman–Crippen MR) is 88.2 cm³/mol. The Kier molecular flexibility index (Phi) is 5.19. The lowest BCUT2D eigenvalue weighted by molar-refractivity contribution is 0.0520. The molecule has 24 heavy (non-hydrogen) atoms. The highest BCUT2D eigenvalue weighted by Crippen LogP contribution is 2.27. The van der Waals surface area contributed by atoms with Gasteiger partial charge in [-0.2, -0.15) is 5.10 Å². The third kappa shape index (κ3) is 3.61. The van der Waals surface area contributed by atoms with Crippen LogP contribution in [0.1, 0.15) is 65.9 Å². The minimum atomic E-state index is -0.598. The number of hydrogen-bond acceptors (Lipinski definition) is 7. The Morgan fingerprint density at radius 2 is 2.17 bits per heavy atom. The number of ether oxygens (including phenoxy) is 1. The molecule has 0 aromatic carbocycles. The van der Waals surface area contributed by atoms with Crippen LogP contribution < -0.4 is 5.32 Å². The second kappa shape index (κ2) is 7.52. The largest absolute Gasteiger partial charge is 0.461 e. The van der Waals surface area contributed by atoms with E-state index in [-0.39, 0.29) is 23.2 Å². The first-order valence-corrected chi connectivity index (χ1v) is 8.81. The van der Waals surface area contributed by atoms with Crippen molar-refractivity contribution in [1.29, 1.82) is 0 Å². The molecule has 0 radical (unpaired) electrons. The van der Waals surface area contributed by atoms with E-state index >= 15 is 0 Å². The smallest absolute Gasteiger partial charge is 0.362 e. The SMILES string of the molecule is CCOC(=O)c1nnsc1NC(=O)c1cnn(C2CCCCC2)c1. The molecular weight excluding hydrogens is 330 g/mol. The van der Waals surface area contributed by atoms with Crippen LogP contribution >= 0.6 is 11.5 Å². The number of aromatic nitrogens is 4. The highest BCUT2D eigenvalue weighted by Gasteiger charge is 2.22. The van der Waals surface area contributed by atoms with Crippen molar-refractivity contribution in [2.75, 3.05) is 11.9 Å². The fourth-order valence-corrected chi connectivity index (χ4v) is 3.33. The van der Waals surface area contributed by atoms with Gasteiger partial charge in [-0.3, -0.25) is 9.48 Å².